The van der Waals surface area contributed by atoms with Gasteiger partial charge in [-0.25, -0.2) is 4.79 Å². The zero-order valence-corrected chi connectivity index (χ0v) is 13.3. The first kappa shape index (κ1) is 17.0. The molecule has 1 N–H and O–H groups in total. The van der Waals surface area contributed by atoms with Crippen molar-refractivity contribution in [1.29, 1.82) is 0 Å². The summed E-state index contributed by atoms with van der Waals surface area (Å²) in [7, 11) is 1.28. The summed E-state index contributed by atoms with van der Waals surface area (Å²) in [6, 6.07) is 17.9. The summed E-state index contributed by atoms with van der Waals surface area (Å²) in [4.78, 5) is 11.1. The van der Waals surface area contributed by atoms with Gasteiger partial charge in [-0.2, -0.15) is 0 Å². The van der Waals surface area contributed by atoms with Gasteiger partial charge in [-0.15, -0.1) is 0 Å². The van der Waals surface area contributed by atoms with E-state index in [0.29, 0.717) is 13.0 Å². The second kappa shape index (κ2) is 8.96. The van der Waals surface area contributed by atoms with Crippen molar-refractivity contribution in [3.8, 4) is 5.75 Å². The van der Waals surface area contributed by atoms with Crippen LogP contribution in [0.25, 0.3) is 0 Å². The van der Waals surface area contributed by atoms with E-state index in [0.717, 1.165) is 29.7 Å². The van der Waals surface area contributed by atoms with Crippen molar-refractivity contribution in [1.82, 2.24) is 0 Å². The van der Waals surface area contributed by atoms with Crippen LogP contribution in [0.4, 0.5) is 0 Å². The smallest absolute Gasteiger partial charge is 0.334 e. The molecule has 0 unspecified atom stereocenters. The second-order valence-electron chi connectivity index (χ2n) is 5.35. The molecule has 0 fully saturated rings. The van der Waals surface area contributed by atoms with Crippen LogP contribution in [0.3, 0.4) is 0 Å². The Balaban J connectivity index is 1.75. The first-order valence-electron chi connectivity index (χ1n) is 7.70. The Kier molecular flexibility index (Phi) is 6.63. The quantitative estimate of drug-likeness (QED) is 0.761. The van der Waals surface area contributed by atoms with E-state index < -0.39 is 12.1 Å². The van der Waals surface area contributed by atoms with Crippen molar-refractivity contribution in [2.24, 2.45) is 0 Å². The van der Waals surface area contributed by atoms with Crippen molar-refractivity contribution >= 4 is 5.97 Å². The molecule has 4 nitrogen and oxygen atoms in total. The number of hydrogen-bond donors (Lipinski definition) is 1. The molecular weight excluding hydrogens is 292 g/mol. The van der Waals surface area contributed by atoms with E-state index in [-0.39, 0.29) is 0 Å². The van der Waals surface area contributed by atoms with E-state index in [2.05, 4.69) is 4.74 Å². The van der Waals surface area contributed by atoms with Crippen LogP contribution in [-0.4, -0.2) is 24.3 Å². The monoisotopic (exact) mass is 314 g/mol. The van der Waals surface area contributed by atoms with Crippen LogP contribution in [0.1, 0.15) is 24.0 Å². The first-order chi connectivity index (χ1) is 11.2. The van der Waals surface area contributed by atoms with Crippen LogP contribution in [0.15, 0.2) is 54.6 Å². The molecule has 4 heteroatoms. The fraction of sp³-hybridized carbons (Fsp3) is 0.316. The maximum absolute atomic E-state index is 11.1. The predicted molar refractivity (Wildman–Crippen MR) is 88.2 cm³/mol. The van der Waals surface area contributed by atoms with Crippen LogP contribution < -0.4 is 4.74 Å². The molecule has 0 saturated carbocycles. The van der Waals surface area contributed by atoms with Gasteiger partial charge in [-0.1, -0.05) is 42.5 Å². The summed E-state index contributed by atoms with van der Waals surface area (Å²) in [5, 5.41) is 9.52. The number of rotatable bonds is 8. The third kappa shape index (κ3) is 5.75. The Labute approximate surface area is 136 Å². The Morgan fingerprint density at radius 3 is 2.39 bits per heavy atom. The topological polar surface area (TPSA) is 55.8 Å². The Hall–Kier alpha value is -2.33. The SMILES string of the molecule is COC(=O)[C@H](O)CCCc1ccc(OCc2ccccc2)cc1. The lowest BCUT2D eigenvalue weighted by Gasteiger charge is -2.09. The third-order valence-corrected chi connectivity index (χ3v) is 3.59. The molecule has 2 aromatic rings. The van der Waals surface area contributed by atoms with Crippen molar-refractivity contribution < 1.29 is 19.4 Å². The summed E-state index contributed by atoms with van der Waals surface area (Å²) >= 11 is 0. The van der Waals surface area contributed by atoms with E-state index in [1.807, 2.05) is 54.6 Å². The molecule has 0 radical (unpaired) electrons. The summed E-state index contributed by atoms with van der Waals surface area (Å²) in [6.07, 6.45) is 0.889. The molecule has 2 aromatic carbocycles. The minimum absolute atomic E-state index is 0.402. The number of esters is 1. The van der Waals surface area contributed by atoms with Gasteiger partial charge >= 0.3 is 5.97 Å². The van der Waals surface area contributed by atoms with Crippen LogP contribution in [0.2, 0.25) is 0 Å². The van der Waals surface area contributed by atoms with Gasteiger partial charge in [0.25, 0.3) is 0 Å². The van der Waals surface area contributed by atoms with E-state index in [1.54, 1.807) is 0 Å². The molecule has 23 heavy (non-hydrogen) atoms. The highest BCUT2D eigenvalue weighted by Crippen LogP contribution is 2.16. The van der Waals surface area contributed by atoms with Crippen molar-refractivity contribution in [3.05, 3.63) is 65.7 Å². The summed E-state index contributed by atoms with van der Waals surface area (Å²) < 4.78 is 10.2. The maximum atomic E-state index is 11.1. The lowest BCUT2D eigenvalue weighted by molar-refractivity contribution is -0.150. The first-order valence-corrected chi connectivity index (χ1v) is 7.70. The largest absolute Gasteiger partial charge is 0.489 e. The van der Waals surface area contributed by atoms with Gasteiger partial charge in [0.05, 0.1) is 7.11 Å². The minimum Gasteiger partial charge on any atom is -0.489 e. The molecule has 0 bridgehead atoms. The number of aryl methyl sites for hydroxylation is 1. The standard InChI is InChI=1S/C19H22O4/c1-22-19(21)18(20)9-5-8-15-10-12-17(13-11-15)23-14-16-6-3-2-4-7-16/h2-4,6-7,10-13,18,20H,5,8-9,14H2,1H3/t18-/m1/s1. The average Bonchev–Trinajstić information content (AvgIpc) is 2.61. The number of methoxy groups -OCH3 is 1. The Morgan fingerprint density at radius 1 is 1.04 bits per heavy atom. The molecule has 0 amide bonds. The van der Waals surface area contributed by atoms with Gasteiger partial charge in [-0.05, 0) is 42.5 Å². The van der Waals surface area contributed by atoms with Gasteiger partial charge in [-0.3, -0.25) is 0 Å². The zero-order valence-electron chi connectivity index (χ0n) is 13.3. The second-order valence-corrected chi connectivity index (χ2v) is 5.35. The lowest BCUT2D eigenvalue weighted by Crippen LogP contribution is -2.21. The number of carbonyl (C=O) groups is 1. The van der Waals surface area contributed by atoms with E-state index in [1.165, 1.54) is 7.11 Å². The number of benzene rings is 2. The molecule has 1 atom stereocenters. The fourth-order valence-corrected chi connectivity index (χ4v) is 2.25. The summed E-state index contributed by atoms with van der Waals surface area (Å²) in [6.45, 7) is 0.547. The van der Waals surface area contributed by atoms with E-state index >= 15 is 0 Å². The highest BCUT2D eigenvalue weighted by atomic mass is 16.5. The average molecular weight is 314 g/mol. The number of aliphatic hydroxyl groups excluding tert-OH is 1. The molecule has 0 spiro atoms. The normalized spacial score (nSPS) is 11.7. The third-order valence-electron chi connectivity index (χ3n) is 3.59. The van der Waals surface area contributed by atoms with Crippen LogP contribution >= 0.6 is 0 Å². The molecule has 0 saturated heterocycles. The highest BCUT2D eigenvalue weighted by Gasteiger charge is 2.14. The molecule has 0 heterocycles. The number of carbonyl (C=O) groups excluding carboxylic acids is 1. The van der Waals surface area contributed by atoms with E-state index in [4.69, 9.17) is 4.74 Å². The molecule has 0 aliphatic heterocycles. The van der Waals surface area contributed by atoms with Crippen molar-refractivity contribution in [2.45, 2.75) is 32.0 Å². The van der Waals surface area contributed by atoms with Gasteiger partial charge in [0.1, 0.15) is 12.4 Å². The molecule has 0 aliphatic rings. The Bertz CT molecular complexity index is 593. The van der Waals surface area contributed by atoms with Gasteiger partial charge in [0.15, 0.2) is 6.10 Å². The van der Waals surface area contributed by atoms with Crippen LogP contribution in [0, 0.1) is 0 Å². The zero-order chi connectivity index (χ0) is 16.5. The molecule has 0 aliphatic carbocycles. The summed E-state index contributed by atoms with van der Waals surface area (Å²) in [5.74, 6) is 0.252. The van der Waals surface area contributed by atoms with Crippen molar-refractivity contribution in [3.63, 3.8) is 0 Å². The molecule has 0 aromatic heterocycles. The molecular formula is C19H22O4. The van der Waals surface area contributed by atoms with Crippen molar-refractivity contribution in [2.75, 3.05) is 7.11 Å². The van der Waals surface area contributed by atoms with Gasteiger partial charge in [0, 0.05) is 0 Å². The van der Waals surface area contributed by atoms with Crippen LogP contribution in [-0.2, 0) is 22.6 Å². The maximum Gasteiger partial charge on any atom is 0.334 e. The van der Waals surface area contributed by atoms with Gasteiger partial charge in [0.2, 0.25) is 0 Å². The van der Waals surface area contributed by atoms with E-state index in [9.17, 15) is 9.90 Å². The predicted octanol–water partition coefficient (Wildman–Crippen LogP) is 3.12. The summed E-state index contributed by atoms with van der Waals surface area (Å²) in [5.41, 5.74) is 2.28. The number of hydrogen-bond acceptors (Lipinski definition) is 4. The van der Waals surface area contributed by atoms with Crippen LogP contribution in [0.5, 0.6) is 5.75 Å². The van der Waals surface area contributed by atoms with Gasteiger partial charge < -0.3 is 14.6 Å². The number of ether oxygens (including phenoxy) is 2. The highest BCUT2D eigenvalue weighted by molar-refractivity contribution is 5.74. The lowest BCUT2D eigenvalue weighted by atomic mass is 10.1. The Morgan fingerprint density at radius 2 is 1.74 bits per heavy atom. The minimum atomic E-state index is -1.03. The number of aliphatic hydroxyl groups is 1. The fourth-order valence-electron chi connectivity index (χ4n) is 2.25. The molecule has 122 valence electrons. The molecule has 2 rings (SSSR count).